The van der Waals surface area contributed by atoms with E-state index in [1.54, 1.807) is 0 Å². The Hall–Kier alpha value is -3.24. The van der Waals surface area contributed by atoms with Crippen LogP contribution in [-0.2, 0) is 4.74 Å². The van der Waals surface area contributed by atoms with Gasteiger partial charge < -0.3 is 46.2 Å². The molecule has 0 bridgehead atoms. The fraction of sp³-hybridized carbons (Fsp3) is 0.611. The van der Waals surface area contributed by atoms with Crippen LogP contribution in [0.3, 0.4) is 0 Å². The second-order valence-electron chi connectivity index (χ2n) is 7.59. The van der Waals surface area contributed by atoms with E-state index in [0.717, 1.165) is 6.07 Å². The summed E-state index contributed by atoms with van der Waals surface area (Å²) in [5.41, 5.74) is 6.39. The molecule has 0 aromatic heterocycles. The van der Waals surface area contributed by atoms with Gasteiger partial charge in [-0.3, -0.25) is 10.1 Å². The number of alkyl carbamates (subject to hydrolysis) is 1. The average molecular weight is 485 g/mol. The highest BCUT2D eigenvalue weighted by atomic mass is 16.6. The number of rotatable bonds is 11. The van der Waals surface area contributed by atoms with Gasteiger partial charge in [-0.1, -0.05) is 11.2 Å². The summed E-state index contributed by atoms with van der Waals surface area (Å²) in [6, 6.07) is 3.02. The Morgan fingerprint density at radius 3 is 2.68 bits per heavy atom. The Labute approximate surface area is 192 Å². The highest BCUT2D eigenvalue weighted by Gasteiger charge is 2.50. The van der Waals surface area contributed by atoms with Gasteiger partial charge in [0.2, 0.25) is 0 Å². The van der Waals surface area contributed by atoms with Crippen molar-refractivity contribution >= 4 is 23.2 Å². The van der Waals surface area contributed by atoms with Gasteiger partial charge in [-0.25, -0.2) is 4.79 Å². The van der Waals surface area contributed by atoms with Gasteiger partial charge in [0.1, 0.15) is 30.1 Å². The predicted octanol–water partition coefficient (Wildman–Crippen LogP) is -1.16. The summed E-state index contributed by atoms with van der Waals surface area (Å²) < 4.78 is 4.95. The molecule has 5 atom stereocenters. The van der Waals surface area contributed by atoms with Crippen LogP contribution in [-0.4, -0.2) is 99.4 Å². The molecular formula is C18H27N7O9. The zero-order chi connectivity index (χ0) is 25.3. The maximum atomic E-state index is 11.8. The Kier molecular flexibility index (Phi) is 9.76. The highest BCUT2D eigenvalue weighted by molar-refractivity contribution is 5.68. The number of aliphatic hydroxyl groups is 5. The van der Waals surface area contributed by atoms with Crippen molar-refractivity contribution in [2.24, 2.45) is 5.11 Å². The van der Waals surface area contributed by atoms with E-state index in [9.17, 15) is 40.4 Å². The van der Waals surface area contributed by atoms with Crippen LogP contribution in [0.1, 0.15) is 6.42 Å². The largest absolute Gasteiger partial charge is 0.448 e. The molecule has 0 aliphatic heterocycles. The van der Waals surface area contributed by atoms with E-state index < -0.39 is 47.6 Å². The van der Waals surface area contributed by atoms with Gasteiger partial charge in [0.05, 0.1) is 17.6 Å². The molecule has 188 valence electrons. The van der Waals surface area contributed by atoms with E-state index in [1.165, 1.54) is 12.1 Å². The SMILES string of the molecule is [N-]=[N+]=Nc1ccc(NCCNC(=O)OCCN[C@H]2C[C@](O)(CO)[C@@H](O)[C@H](O)[C@H]2O)c([N+](=O)[O-])c1. The smallest absolute Gasteiger partial charge is 0.407 e. The maximum Gasteiger partial charge on any atom is 0.407 e. The van der Waals surface area contributed by atoms with Crippen LogP contribution in [0.2, 0.25) is 0 Å². The molecule has 0 unspecified atom stereocenters. The fourth-order valence-corrected chi connectivity index (χ4v) is 3.45. The number of nitro benzene ring substituents is 1. The molecule has 0 radical (unpaired) electrons. The van der Waals surface area contributed by atoms with E-state index in [1.807, 2.05) is 0 Å². The van der Waals surface area contributed by atoms with Gasteiger partial charge in [-0.05, 0) is 18.0 Å². The monoisotopic (exact) mass is 485 g/mol. The van der Waals surface area contributed by atoms with Gasteiger partial charge in [0.15, 0.2) is 0 Å². The number of hydrogen-bond donors (Lipinski definition) is 8. The lowest BCUT2D eigenvalue weighted by atomic mass is 9.76. The number of carbonyl (C=O) groups excluding carboxylic acids is 1. The number of hydrogen-bond acceptors (Lipinski definition) is 12. The minimum absolute atomic E-state index is 0.0431. The number of azide groups is 1. The number of amides is 1. The second-order valence-corrected chi connectivity index (χ2v) is 7.59. The van der Waals surface area contributed by atoms with Crippen molar-refractivity contribution in [1.29, 1.82) is 0 Å². The molecule has 1 fully saturated rings. The minimum Gasteiger partial charge on any atom is -0.448 e. The molecule has 0 saturated heterocycles. The van der Waals surface area contributed by atoms with Crippen molar-refractivity contribution in [2.75, 3.05) is 38.2 Å². The maximum absolute atomic E-state index is 11.8. The quantitative estimate of drug-likeness (QED) is 0.0463. The van der Waals surface area contributed by atoms with Gasteiger partial charge in [-0.15, -0.1) is 0 Å². The zero-order valence-corrected chi connectivity index (χ0v) is 17.9. The van der Waals surface area contributed by atoms with Crippen LogP contribution in [0.25, 0.3) is 10.4 Å². The third kappa shape index (κ3) is 6.88. The Balaban J connectivity index is 1.71. The Morgan fingerprint density at radius 1 is 1.29 bits per heavy atom. The van der Waals surface area contributed by atoms with Crippen molar-refractivity contribution in [3.05, 3.63) is 38.8 Å². The van der Waals surface area contributed by atoms with Gasteiger partial charge in [-0.2, -0.15) is 0 Å². The van der Waals surface area contributed by atoms with Crippen molar-refractivity contribution < 1.29 is 40.0 Å². The van der Waals surface area contributed by atoms with Crippen molar-refractivity contribution in [2.45, 2.75) is 36.4 Å². The first-order chi connectivity index (χ1) is 16.1. The lowest BCUT2D eigenvalue weighted by Crippen LogP contribution is -2.67. The molecular weight excluding hydrogens is 458 g/mol. The van der Waals surface area contributed by atoms with Crippen LogP contribution < -0.4 is 16.0 Å². The zero-order valence-electron chi connectivity index (χ0n) is 17.9. The summed E-state index contributed by atoms with van der Waals surface area (Å²) >= 11 is 0. The van der Waals surface area contributed by atoms with Crippen LogP contribution in [0, 0.1) is 10.1 Å². The standard InChI is InChI=1S/C18H27N7O9/c19-24-23-10-1-2-11(13(7-10)25(32)33)20-3-4-22-17(30)34-6-5-21-12-8-18(31,9-26)16(29)15(28)14(12)27/h1-2,7,12,14-16,20-21,26-29,31H,3-6,8-9H2,(H,22,30)/t12-,14-,15+,16-,18-/m0/s1. The van der Waals surface area contributed by atoms with E-state index in [4.69, 9.17) is 10.3 Å². The average Bonchev–Trinajstić information content (AvgIpc) is 2.82. The summed E-state index contributed by atoms with van der Waals surface area (Å²) in [6.07, 6.45) is -5.82. The van der Waals surface area contributed by atoms with Crippen LogP contribution in [0.5, 0.6) is 0 Å². The molecule has 2 rings (SSSR count). The number of nitrogens with zero attached hydrogens (tertiary/aromatic N) is 4. The number of anilines is 1. The molecule has 1 saturated carbocycles. The molecule has 16 nitrogen and oxygen atoms in total. The number of aliphatic hydroxyl groups excluding tert-OH is 4. The summed E-state index contributed by atoms with van der Waals surface area (Å²) in [4.78, 5) is 24.8. The first-order valence-electron chi connectivity index (χ1n) is 10.2. The summed E-state index contributed by atoms with van der Waals surface area (Å²) in [6.45, 7) is -0.712. The van der Waals surface area contributed by atoms with Crippen LogP contribution in [0.4, 0.5) is 21.9 Å². The van der Waals surface area contributed by atoms with Crippen LogP contribution >= 0.6 is 0 Å². The number of benzene rings is 1. The van der Waals surface area contributed by atoms with Crippen molar-refractivity contribution in [1.82, 2.24) is 10.6 Å². The summed E-state index contributed by atoms with van der Waals surface area (Å²) in [7, 11) is 0. The van der Waals surface area contributed by atoms with E-state index >= 15 is 0 Å². The van der Waals surface area contributed by atoms with Gasteiger partial charge in [0, 0.05) is 42.3 Å². The molecule has 1 aromatic rings. The van der Waals surface area contributed by atoms with Gasteiger partial charge in [0.25, 0.3) is 5.69 Å². The number of nitro groups is 1. The third-order valence-corrected chi connectivity index (χ3v) is 5.27. The molecule has 34 heavy (non-hydrogen) atoms. The van der Waals surface area contributed by atoms with Crippen LogP contribution in [0.15, 0.2) is 23.3 Å². The fourth-order valence-electron chi connectivity index (χ4n) is 3.45. The van der Waals surface area contributed by atoms with Crippen molar-refractivity contribution in [3.8, 4) is 0 Å². The number of carbonyl (C=O) groups is 1. The Morgan fingerprint density at radius 2 is 2.03 bits per heavy atom. The second kappa shape index (κ2) is 12.3. The Bertz CT molecular complexity index is 914. The topological polar surface area (TPSA) is 255 Å². The molecule has 1 aromatic carbocycles. The van der Waals surface area contributed by atoms with E-state index in [-0.39, 0.29) is 49.7 Å². The first kappa shape index (κ1) is 27.0. The molecule has 1 aliphatic rings. The third-order valence-electron chi connectivity index (χ3n) is 5.27. The number of nitrogens with one attached hydrogen (secondary N) is 3. The lowest BCUT2D eigenvalue weighted by Gasteiger charge is -2.45. The molecule has 0 heterocycles. The lowest BCUT2D eigenvalue weighted by molar-refractivity contribution is -0.383. The molecule has 16 heteroatoms. The first-order valence-corrected chi connectivity index (χ1v) is 10.2. The van der Waals surface area contributed by atoms with E-state index in [2.05, 4.69) is 26.0 Å². The molecule has 1 amide bonds. The molecule has 1 aliphatic carbocycles. The minimum atomic E-state index is -1.99. The normalized spacial score (nSPS) is 26.3. The van der Waals surface area contributed by atoms with Gasteiger partial charge >= 0.3 is 6.09 Å². The molecule has 0 spiro atoms. The predicted molar refractivity (Wildman–Crippen MR) is 116 cm³/mol. The van der Waals surface area contributed by atoms with Crippen molar-refractivity contribution in [3.63, 3.8) is 0 Å². The van der Waals surface area contributed by atoms with E-state index in [0.29, 0.717) is 0 Å². The summed E-state index contributed by atoms with van der Waals surface area (Å²) in [5.74, 6) is 0. The molecule has 8 N–H and O–H groups in total. The number of ether oxygens (including phenoxy) is 1. The summed E-state index contributed by atoms with van der Waals surface area (Å²) in [5, 5.41) is 71.6. The highest BCUT2D eigenvalue weighted by Crippen LogP contribution is 2.30.